The van der Waals surface area contributed by atoms with Gasteiger partial charge in [-0.1, -0.05) is 24.3 Å². The average molecular weight is 266 g/mol. The second-order valence-electron chi connectivity index (χ2n) is 4.31. The van der Waals surface area contributed by atoms with E-state index in [2.05, 4.69) is 0 Å². The third kappa shape index (κ3) is 2.99. The van der Waals surface area contributed by atoms with Crippen LogP contribution in [-0.2, 0) is 0 Å². The molecule has 4 N–H and O–H groups in total. The molecule has 0 bridgehead atoms. The zero-order chi connectivity index (χ0) is 14.0. The fourth-order valence-electron chi connectivity index (χ4n) is 1.95. The number of benzene rings is 2. The van der Waals surface area contributed by atoms with E-state index in [0.29, 0.717) is 11.4 Å². The topological polar surface area (TPSA) is 52.0 Å². The summed E-state index contributed by atoms with van der Waals surface area (Å²) in [6.07, 6.45) is -4.37. The Kier molecular flexibility index (Phi) is 3.38. The molecule has 0 aromatic heterocycles. The summed E-state index contributed by atoms with van der Waals surface area (Å²) in [6, 6.07) is 11.4. The van der Waals surface area contributed by atoms with Crippen molar-refractivity contribution in [1.29, 1.82) is 0 Å². The average Bonchev–Trinajstić information content (AvgIpc) is 2.33. The molecule has 5 heteroatoms. The van der Waals surface area contributed by atoms with Gasteiger partial charge in [0.2, 0.25) is 0 Å². The molecule has 100 valence electrons. The lowest BCUT2D eigenvalue weighted by molar-refractivity contribution is -0.141. The molecule has 0 heterocycles. The molecule has 0 atom stereocenters. The lowest BCUT2D eigenvalue weighted by Crippen LogP contribution is -2.22. The van der Waals surface area contributed by atoms with Gasteiger partial charge in [-0.15, -0.1) is 0 Å². The number of hydrogen-bond acceptors (Lipinski definition) is 2. The SMILES string of the molecule is Nc1ccc(C(c2ccc(N)cc2)C(F)(F)F)cc1. The Hall–Kier alpha value is -2.17. The van der Waals surface area contributed by atoms with Gasteiger partial charge in [0.1, 0.15) is 5.92 Å². The van der Waals surface area contributed by atoms with Crippen LogP contribution in [0.25, 0.3) is 0 Å². The molecule has 0 aliphatic carbocycles. The van der Waals surface area contributed by atoms with Crippen LogP contribution in [0.4, 0.5) is 24.5 Å². The van der Waals surface area contributed by atoms with Crippen molar-refractivity contribution in [2.24, 2.45) is 0 Å². The van der Waals surface area contributed by atoms with Crippen LogP contribution < -0.4 is 11.5 Å². The molecule has 2 nitrogen and oxygen atoms in total. The van der Waals surface area contributed by atoms with Gasteiger partial charge in [-0.05, 0) is 35.4 Å². The van der Waals surface area contributed by atoms with Crippen molar-refractivity contribution in [3.8, 4) is 0 Å². The third-order valence-corrected chi connectivity index (χ3v) is 2.87. The number of nitrogen functional groups attached to an aromatic ring is 2. The lowest BCUT2D eigenvalue weighted by atomic mass is 9.90. The van der Waals surface area contributed by atoms with Crippen molar-refractivity contribution in [2.75, 3.05) is 11.5 Å². The van der Waals surface area contributed by atoms with E-state index in [9.17, 15) is 13.2 Å². The minimum Gasteiger partial charge on any atom is -0.399 e. The van der Waals surface area contributed by atoms with E-state index in [1.807, 2.05) is 0 Å². The highest BCUT2D eigenvalue weighted by molar-refractivity contribution is 5.46. The van der Waals surface area contributed by atoms with Crippen LogP contribution in [0, 0.1) is 0 Å². The number of halogens is 3. The zero-order valence-electron chi connectivity index (χ0n) is 9.98. The second kappa shape index (κ2) is 4.84. The van der Waals surface area contributed by atoms with Gasteiger partial charge in [-0.2, -0.15) is 13.2 Å². The first kappa shape index (κ1) is 13.3. The molecule has 2 aromatic rings. The Morgan fingerprint density at radius 3 is 1.26 bits per heavy atom. The standard InChI is InChI=1S/C14H13F3N2/c15-14(16,17)13(9-1-5-11(18)6-2-9)10-3-7-12(19)8-4-10/h1-8,13H,18-19H2. The van der Waals surface area contributed by atoms with Gasteiger partial charge >= 0.3 is 6.18 Å². The van der Waals surface area contributed by atoms with Crippen molar-refractivity contribution in [1.82, 2.24) is 0 Å². The maximum Gasteiger partial charge on any atom is 0.399 e. The Morgan fingerprint density at radius 1 is 0.684 bits per heavy atom. The zero-order valence-corrected chi connectivity index (χ0v) is 9.98. The van der Waals surface area contributed by atoms with Crippen molar-refractivity contribution >= 4 is 11.4 Å². The maximum atomic E-state index is 13.2. The molecule has 0 aliphatic rings. The quantitative estimate of drug-likeness (QED) is 0.817. The van der Waals surface area contributed by atoms with Crippen LogP contribution >= 0.6 is 0 Å². The summed E-state index contributed by atoms with van der Waals surface area (Å²) in [5.74, 6) is -1.67. The largest absolute Gasteiger partial charge is 0.399 e. The molecule has 2 aromatic carbocycles. The fraction of sp³-hybridized carbons (Fsp3) is 0.143. The summed E-state index contributed by atoms with van der Waals surface area (Å²) in [6.45, 7) is 0. The molecule has 0 saturated carbocycles. The molecule has 0 amide bonds. The van der Waals surface area contributed by atoms with Gasteiger partial charge in [-0.25, -0.2) is 0 Å². The molecule has 0 radical (unpaired) electrons. The van der Waals surface area contributed by atoms with Gasteiger partial charge in [0.05, 0.1) is 0 Å². The summed E-state index contributed by atoms with van der Waals surface area (Å²) in [4.78, 5) is 0. The highest BCUT2D eigenvalue weighted by Gasteiger charge is 2.41. The Balaban J connectivity index is 2.47. The van der Waals surface area contributed by atoms with Crippen LogP contribution in [0.15, 0.2) is 48.5 Å². The monoisotopic (exact) mass is 266 g/mol. The van der Waals surface area contributed by atoms with Crippen LogP contribution in [-0.4, -0.2) is 6.18 Å². The third-order valence-electron chi connectivity index (χ3n) is 2.87. The van der Waals surface area contributed by atoms with E-state index in [1.54, 1.807) is 0 Å². The number of hydrogen-bond donors (Lipinski definition) is 2. The van der Waals surface area contributed by atoms with Crippen molar-refractivity contribution in [3.63, 3.8) is 0 Å². The molecule has 19 heavy (non-hydrogen) atoms. The van der Waals surface area contributed by atoms with E-state index in [4.69, 9.17) is 11.5 Å². The van der Waals surface area contributed by atoms with E-state index < -0.39 is 12.1 Å². The van der Waals surface area contributed by atoms with Gasteiger partial charge in [0.15, 0.2) is 0 Å². The van der Waals surface area contributed by atoms with E-state index in [-0.39, 0.29) is 11.1 Å². The van der Waals surface area contributed by atoms with Crippen molar-refractivity contribution in [3.05, 3.63) is 59.7 Å². The first-order valence-corrected chi connectivity index (χ1v) is 5.65. The highest BCUT2D eigenvalue weighted by atomic mass is 19.4. The summed E-state index contributed by atoms with van der Waals surface area (Å²) < 4.78 is 39.7. The molecule has 2 rings (SSSR count). The van der Waals surface area contributed by atoms with Crippen LogP contribution in [0.3, 0.4) is 0 Å². The maximum absolute atomic E-state index is 13.2. The molecule has 0 unspecified atom stereocenters. The fourth-order valence-corrected chi connectivity index (χ4v) is 1.95. The highest BCUT2D eigenvalue weighted by Crippen LogP contribution is 2.40. The summed E-state index contributed by atoms with van der Waals surface area (Å²) >= 11 is 0. The normalized spacial score (nSPS) is 11.8. The minimum absolute atomic E-state index is 0.159. The smallest absolute Gasteiger partial charge is 0.399 e. The molecule has 0 spiro atoms. The number of anilines is 2. The Bertz CT molecular complexity index is 499. The van der Waals surface area contributed by atoms with Gasteiger partial charge < -0.3 is 11.5 Å². The number of nitrogens with two attached hydrogens (primary N) is 2. The van der Waals surface area contributed by atoms with Crippen LogP contribution in [0.2, 0.25) is 0 Å². The summed E-state index contributed by atoms with van der Waals surface area (Å²) in [5.41, 5.74) is 12.2. The number of rotatable bonds is 2. The first-order chi connectivity index (χ1) is 8.88. The molecule has 0 fully saturated rings. The van der Waals surface area contributed by atoms with Gasteiger partial charge in [0.25, 0.3) is 0 Å². The minimum atomic E-state index is -4.37. The Morgan fingerprint density at radius 2 is 1.00 bits per heavy atom. The molecule has 0 saturated heterocycles. The lowest BCUT2D eigenvalue weighted by Gasteiger charge is -2.21. The molecule has 0 aliphatic heterocycles. The first-order valence-electron chi connectivity index (χ1n) is 5.65. The van der Waals surface area contributed by atoms with E-state index in [0.717, 1.165) is 0 Å². The summed E-state index contributed by atoms with van der Waals surface area (Å²) in [7, 11) is 0. The van der Waals surface area contributed by atoms with Gasteiger partial charge in [0, 0.05) is 11.4 Å². The van der Waals surface area contributed by atoms with Gasteiger partial charge in [-0.3, -0.25) is 0 Å². The van der Waals surface area contributed by atoms with E-state index in [1.165, 1.54) is 48.5 Å². The predicted octanol–water partition coefficient (Wildman–Crippen LogP) is 3.55. The second-order valence-corrected chi connectivity index (χ2v) is 4.31. The molecular weight excluding hydrogens is 253 g/mol. The molecular formula is C14H13F3N2. The van der Waals surface area contributed by atoms with Crippen molar-refractivity contribution < 1.29 is 13.2 Å². The van der Waals surface area contributed by atoms with E-state index >= 15 is 0 Å². The Labute approximate surface area is 108 Å². The van der Waals surface area contributed by atoms with Crippen LogP contribution in [0.1, 0.15) is 17.0 Å². The van der Waals surface area contributed by atoms with Crippen molar-refractivity contribution in [2.45, 2.75) is 12.1 Å². The van der Waals surface area contributed by atoms with Crippen LogP contribution in [0.5, 0.6) is 0 Å². The predicted molar refractivity (Wildman–Crippen MR) is 69.6 cm³/mol. The summed E-state index contributed by atoms with van der Waals surface area (Å²) in [5, 5.41) is 0. The number of alkyl halides is 3.